The van der Waals surface area contributed by atoms with Crippen molar-refractivity contribution in [3.63, 3.8) is 0 Å². The van der Waals surface area contributed by atoms with Gasteiger partial charge in [-0.2, -0.15) is 0 Å². The summed E-state index contributed by atoms with van der Waals surface area (Å²) in [4.78, 5) is 9.26. The Bertz CT molecular complexity index is 380. The minimum absolute atomic E-state index is 0.662. The van der Waals surface area contributed by atoms with Crippen LogP contribution in [0.3, 0.4) is 0 Å². The lowest BCUT2D eigenvalue weighted by Crippen LogP contribution is -2.51. The van der Waals surface area contributed by atoms with E-state index in [0.29, 0.717) is 6.04 Å². The molecular weight excluding hydrogens is 224 g/mol. The van der Waals surface area contributed by atoms with E-state index in [0.717, 1.165) is 32.0 Å². The summed E-state index contributed by atoms with van der Waals surface area (Å²) in [6, 6.07) is 4.93. The topological polar surface area (TPSA) is 31.4 Å². The summed E-state index contributed by atoms with van der Waals surface area (Å²) < 4.78 is 0. The second-order valence-electron chi connectivity index (χ2n) is 4.92. The lowest BCUT2D eigenvalue weighted by atomic mass is 10.1. The van der Waals surface area contributed by atoms with Gasteiger partial charge in [-0.25, -0.2) is 4.98 Å². The Hall–Kier alpha value is -1.29. The van der Waals surface area contributed by atoms with Gasteiger partial charge < -0.3 is 10.2 Å². The Morgan fingerprint density at radius 2 is 2.22 bits per heavy atom. The van der Waals surface area contributed by atoms with E-state index < -0.39 is 0 Å². The molecule has 1 aromatic heterocycles. The monoisotopic (exact) mass is 248 g/mol. The van der Waals surface area contributed by atoms with Crippen LogP contribution >= 0.6 is 0 Å². The number of piperazine rings is 1. The fourth-order valence-electron chi connectivity index (χ4n) is 2.52. The van der Waals surface area contributed by atoms with E-state index in [1.165, 1.54) is 12.1 Å². The number of aromatic nitrogens is 1. The average Bonchev–Trinajstić information content (AvgIpc) is 2.40. The number of hydrogen-bond acceptors (Lipinski definition) is 4. The lowest BCUT2D eigenvalue weighted by molar-refractivity contribution is 0.213. The number of likely N-dealkylation sites (N-methyl/N-ethyl adjacent to an activating group) is 1. The molecule has 1 N–H and O–H groups in total. The molecule has 1 aromatic rings. The largest absolute Gasteiger partial charge is 0.370 e. The summed E-state index contributed by atoms with van der Waals surface area (Å²) >= 11 is 0. The summed E-state index contributed by atoms with van der Waals surface area (Å²) in [6.45, 7) is 8.62. The van der Waals surface area contributed by atoms with Crippen LogP contribution in [0.25, 0.3) is 0 Å². The first-order valence-corrected chi connectivity index (χ1v) is 6.89. The molecule has 4 heteroatoms. The maximum absolute atomic E-state index is 4.33. The molecule has 0 saturated carbocycles. The third-order valence-corrected chi connectivity index (χ3v) is 3.71. The predicted octanol–water partition coefficient (Wildman–Crippen LogP) is 2.04. The van der Waals surface area contributed by atoms with Crippen molar-refractivity contribution in [3.8, 4) is 0 Å². The molecule has 1 fully saturated rings. The van der Waals surface area contributed by atoms with Crippen molar-refractivity contribution in [1.29, 1.82) is 0 Å². The summed E-state index contributed by atoms with van der Waals surface area (Å²) in [5.41, 5.74) is 1.28. The fourth-order valence-corrected chi connectivity index (χ4v) is 2.52. The van der Waals surface area contributed by atoms with Crippen LogP contribution in [-0.2, 0) is 0 Å². The van der Waals surface area contributed by atoms with Crippen molar-refractivity contribution >= 4 is 11.5 Å². The van der Waals surface area contributed by atoms with Gasteiger partial charge in [-0.15, -0.1) is 0 Å². The molecule has 1 aliphatic heterocycles. The minimum Gasteiger partial charge on any atom is -0.370 e. The van der Waals surface area contributed by atoms with E-state index in [4.69, 9.17) is 0 Å². The minimum atomic E-state index is 0.662. The molecule has 1 atom stereocenters. The van der Waals surface area contributed by atoms with Gasteiger partial charge in [0, 0.05) is 50.2 Å². The van der Waals surface area contributed by atoms with Crippen molar-refractivity contribution in [2.75, 3.05) is 43.4 Å². The van der Waals surface area contributed by atoms with Gasteiger partial charge >= 0.3 is 0 Å². The third-order valence-electron chi connectivity index (χ3n) is 3.71. The van der Waals surface area contributed by atoms with E-state index in [2.05, 4.69) is 53.1 Å². The van der Waals surface area contributed by atoms with Crippen molar-refractivity contribution in [2.24, 2.45) is 0 Å². The predicted molar refractivity (Wildman–Crippen MR) is 77.3 cm³/mol. The van der Waals surface area contributed by atoms with Crippen molar-refractivity contribution in [2.45, 2.75) is 26.3 Å². The first-order valence-electron chi connectivity index (χ1n) is 6.89. The molecule has 0 amide bonds. The van der Waals surface area contributed by atoms with Crippen LogP contribution in [0, 0.1) is 0 Å². The third kappa shape index (κ3) is 2.93. The number of rotatable bonds is 4. The molecule has 0 aromatic carbocycles. The van der Waals surface area contributed by atoms with Crippen molar-refractivity contribution in [3.05, 3.63) is 18.3 Å². The zero-order valence-corrected chi connectivity index (χ0v) is 11.7. The summed E-state index contributed by atoms with van der Waals surface area (Å²) in [6.07, 6.45) is 3.10. The van der Waals surface area contributed by atoms with Crippen LogP contribution in [0.15, 0.2) is 18.3 Å². The van der Waals surface area contributed by atoms with Crippen molar-refractivity contribution in [1.82, 2.24) is 9.88 Å². The van der Waals surface area contributed by atoms with Gasteiger partial charge in [0.25, 0.3) is 0 Å². The molecule has 1 aliphatic rings. The number of pyridine rings is 1. The van der Waals surface area contributed by atoms with Crippen LogP contribution in [0.2, 0.25) is 0 Å². The maximum Gasteiger partial charge on any atom is 0.127 e. The number of nitrogens with zero attached hydrogens (tertiary/aromatic N) is 3. The number of nitrogens with one attached hydrogen (secondary N) is 1. The second-order valence-corrected chi connectivity index (χ2v) is 4.92. The average molecular weight is 248 g/mol. The van der Waals surface area contributed by atoms with E-state index in [9.17, 15) is 0 Å². The van der Waals surface area contributed by atoms with Crippen LogP contribution in [0.4, 0.5) is 11.5 Å². The number of anilines is 2. The van der Waals surface area contributed by atoms with Gasteiger partial charge in [-0.3, -0.25) is 4.90 Å². The van der Waals surface area contributed by atoms with Gasteiger partial charge in [0.05, 0.1) is 0 Å². The molecule has 1 unspecified atom stereocenters. The van der Waals surface area contributed by atoms with Gasteiger partial charge in [0.15, 0.2) is 0 Å². The molecule has 18 heavy (non-hydrogen) atoms. The Kier molecular flexibility index (Phi) is 4.42. The zero-order valence-electron chi connectivity index (χ0n) is 11.7. The summed E-state index contributed by atoms with van der Waals surface area (Å²) in [5.74, 6) is 0.974. The Balaban J connectivity index is 2.09. The highest BCUT2D eigenvalue weighted by Crippen LogP contribution is 2.21. The first-order chi connectivity index (χ1) is 8.74. The summed E-state index contributed by atoms with van der Waals surface area (Å²) in [5, 5.41) is 3.27. The lowest BCUT2D eigenvalue weighted by Gasteiger charge is -2.40. The first kappa shape index (κ1) is 13.1. The molecular formula is C14H24N4. The van der Waals surface area contributed by atoms with Crippen LogP contribution < -0.4 is 10.2 Å². The molecule has 0 bridgehead atoms. The molecule has 2 rings (SSSR count). The molecule has 0 radical (unpaired) electrons. The highest BCUT2D eigenvalue weighted by atomic mass is 15.3. The van der Waals surface area contributed by atoms with Gasteiger partial charge in [-0.1, -0.05) is 6.92 Å². The Labute approximate surface area is 110 Å². The van der Waals surface area contributed by atoms with Crippen LogP contribution in [-0.4, -0.2) is 49.2 Å². The Morgan fingerprint density at radius 3 is 2.94 bits per heavy atom. The van der Waals surface area contributed by atoms with Crippen LogP contribution in [0.5, 0.6) is 0 Å². The molecule has 4 nitrogen and oxygen atoms in total. The van der Waals surface area contributed by atoms with E-state index in [1.54, 1.807) is 0 Å². The van der Waals surface area contributed by atoms with Gasteiger partial charge in [-0.05, 0) is 26.5 Å². The van der Waals surface area contributed by atoms with Gasteiger partial charge in [0.1, 0.15) is 5.82 Å². The molecule has 0 aliphatic carbocycles. The normalized spacial score (nSPS) is 21.1. The molecule has 100 valence electrons. The van der Waals surface area contributed by atoms with Crippen molar-refractivity contribution < 1.29 is 0 Å². The Morgan fingerprint density at radius 1 is 1.39 bits per heavy atom. The van der Waals surface area contributed by atoms with E-state index in [1.807, 2.05) is 6.20 Å². The standard InChI is InChI=1S/C14H24N4/c1-4-12-11-18(9-8-17(12)3)13-6-7-16-14(10-13)15-5-2/h6-7,10,12H,4-5,8-9,11H2,1-3H3,(H,15,16). The quantitative estimate of drug-likeness (QED) is 0.883. The maximum atomic E-state index is 4.33. The second kappa shape index (κ2) is 6.05. The fraction of sp³-hybridized carbons (Fsp3) is 0.643. The van der Waals surface area contributed by atoms with E-state index in [-0.39, 0.29) is 0 Å². The molecule has 1 saturated heterocycles. The SMILES string of the molecule is CCNc1cc(N2CCN(C)C(CC)C2)ccn1. The number of hydrogen-bond donors (Lipinski definition) is 1. The van der Waals surface area contributed by atoms with Gasteiger partial charge in [0.2, 0.25) is 0 Å². The highest BCUT2D eigenvalue weighted by molar-refractivity contribution is 5.54. The van der Waals surface area contributed by atoms with Crippen LogP contribution in [0.1, 0.15) is 20.3 Å². The molecule has 2 heterocycles. The smallest absolute Gasteiger partial charge is 0.127 e. The summed E-state index contributed by atoms with van der Waals surface area (Å²) in [7, 11) is 2.22. The molecule has 0 spiro atoms. The van der Waals surface area contributed by atoms with E-state index >= 15 is 0 Å². The highest BCUT2D eigenvalue weighted by Gasteiger charge is 2.23. The zero-order chi connectivity index (χ0) is 13.0.